The van der Waals surface area contributed by atoms with E-state index >= 15 is 0 Å². The van der Waals surface area contributed by atoms with Crippen molar-refractivity contribution in [1.82, 2.24) is 9.37 Å². The number of hydroxylamine groups is 2. The third-order valence-electron chi connectivity index (χ3n) is 8.73. The second-order valence-corrected chi connectivity index (χ2v) is 20.4. The summed E-state index contributed by atoms with van der Waals surface area (Å²) in [7, 11) is -6.78. The van der Waals surface area contributed by atoms with Gasteiger partial charge in [0.2, 0.25) is 10.0 Å². The fourth-order valence-corrected chi connectivity index (χ4v) is 12.8. The highest BCUT2D eigenvalue weighted by molar-refractivity contribution is 7.89. The number of carbonyl (C=O) groups excluding carboxylic acids is 1. The number of aryl methyl sites for hydroxylation is 1. The van der Waals surface area contributed by atoms with Crippen LogP contribution in [-0.4, -0.2) is 69.1 Å². The van der Waals surface area contributed by atoms with E-state index in [1.54, 1.807) is 45.0 Å². The highest BCUT2D eigenvalue weighted by Crippen LogP contribution is 2.43. The molecule has 2 aliphatic rings. The summed E-state index contributed by atoms with van der Waals surface area (Å²) in [5.74, 6) is -0.328. The Hall–Kier alpha value is -3.02. The van der Waals surface area contributed by atoms with Crippen LogP contribution in [0.1, 0.15) is 54.0 Å². The van der Waals surface area contributed by atoms with Gasteiger partial charge in [0, 0.05) is 19.0 Å². The van der Waals surface area contributed by atoms with Gasteiger partial charge in [-0.25, -0.2) is 13.2 Å². The largest absolute Gasteiger partial charge is 0.442 e. The number of rotatable bonds is 7. The lowest BCUT2D eigenvalue weighted by molar-refractivity contribution is -0.171. The molecule has 2 aliphatic heterocycles. The van der Waals surface area contributed by atoms with Crippen LogP contribution in [-0.2, 0) is 24.0 Å². The zero-order valence-corrected chi connectivity index (χ0v) is 29.4. The van der Waals surface area contributed by atoms with Gasteiger partial charge in [0.05, 0.1) is 17.0 Å². The van der Waals surface area contributed by atoms with Crippen LogP contribution in [0.15, 0.2) is 89.8 Å². The average molecular weight is 651 g/mol. The van der Waals surface area contributed by atoms with E-state index in [2.05, 4.69) is 45.0 Å². The summed E-state index contributed by atoms with van der Waals surface area (Å²) in [4.78, 5) is 20.2. The molecule has 0 N–H and O–H groups in total. The molecule has 4 atom stereocenters. The van der Waals surface area contributed by atoms with Crippen LogP contribution in [0.4, 0.5) is 4.79 Å². The standard InChI is InChI=1S/C35H46N2O6SSi/c1-25-19-21-27(22-20-25)44(39,40)36-23-30-31(24-36)37(33(38)41-34(3,4)5)42-32(30)26(2)43-45(35(6,7)8,28-15-11-9-12-16-28)29-17-13-10-14-18-29/h9-22,26,30-32H,23-24H2,1-8H3/t26-,30-,31+,32-/m1/s1. The molecule has 5 rings (SSSR count). The van der Waals surface area contributed by atoms with Gasteiger partial charge >= 0.3 is 6.09 Å². The van der Waals surface area contributed by atoms with Gasteiger partial charge in [0.15, 0.2) is 0 Å². The number of carbonyl (C=O) groups is 1. The molecule has 3 aromatic rings. The van der Waals surface area contributed by atoms with Gasteiger partial charge in [-0.2, -0.15) is 9.37 Å². The molecule has 0 radical (unpaired) electrons. The molecule has 0 saturated carbocycles. The molecule has 0 bridgehead atoms. The predicted molar refractivity (Wildman–Crippen MR) is 178 cm³/mol. The minimum absolute atomic E-state index is 0.0998. The maximum Gasteiger partial charge on any atom is 0.434 e. The van der Waals surface area contributed by atoms with Crippen LogP contribution in [0.2, 0.25) is 5.04 Å². The topological polar surface area (TPSA) is 85.4 Å². The van der Waals surface area contributed by atoms with Crippen LogP contribution in [0.5, 0.6) is 0 Å². The van der Waals surface area contributed by atoms with E-state index in [1.165, 1.54) is 9.37 Å². The smallest absolute Gasteiger partial charge is 0.434 e. The summed E-state index contributed by atoms with van der Waals surface area (Å²) in [6, 6.07) is 27.0. The lowest BCUT2D eigenvalue weighted by Gasteiger charge is -2.45. The van der Waals surface area contributed by atoms with E-state index in [0.29, 0.717) is 0 Å². The molecule has 8 nitrogen and oxygen atoms in total. The molecule has 2 fully saturated rings. The summed E-state index contributed by atoms with van der Waals surface area (Å²) in [6.07, 6.45) is -1.71. The van der Waals surface area contributed by atoms with E-state index < -0.39 is 48.3 Å². The molecule has 0 spiro atoms. The van der Waals surface area contributed by atoms with Crippen molar-refractivity contribution in [3.63, 3.8) is 0 Å². The first kappa shape index (κ1) is 33.3. The van der Waals surface area contributed by atoms with E-state index in [4.69, 9.17) is 14.0 Å². The van der Waals surface area contributed by atoms with Gasteiger partial charge in [-0.1, -0.05) is 99.1 Å². The molecule has 0 aromatic heterocycles. The molecule has 0 aliphatic carbocycles. The Balaban J connectivity index is 1.54. The number of amides is 1. The summed E-state index contributed by atoms with van der Waals surface area (Å²) < 4.78 is 42.2. The van der Waals surface area contributed by atoms with E-state index in [9.17, 15) is 13.2 Å². The SMILES string of the molecule is Cc1ccc(S(=O)(=O)N2C[C@H]3[C@@H]([C@@H](C)O[Si](c4ccccc4)(c4ccccc4)C(C)(C)C)ON(C(=O)OC(C)(C)C)[C@H]3C2)cc1. The van der Waals surface area contributed by atoms with Gasteiger partial charge in [-0.05, 0) is 62.2 Å². The quantitative estimate of drug-likeness (QED) is 0.314. The molecule has 10 heteroatoms. The summed E-state index contributed by atoms with van der Waals surface area (Å²) in [5.41, 5.74) is 0.225. The number of benzene rings is 3. The second kappa shape index (κ2) is 12.3. The highest BCUT2D eigenvalue weighted by atomic mass is 32.2. The third kappa shape index (κ3) is 6.48. The van der Waals surface area contributed by atoms with E-state index in [1.807, 2.05) is 50.2 Å². The Bertz CT molecular complexity index is 1550. The first-order valence-corrected chi connectivity index (χ1v) is 18.9. The van der Waals surface area contributed by atoms with Crippen molar-refractivity contribution in [3.8, 4) is 0 Å². The molecular weight excluding hydrogens is 605 g/mol. The van der Waals surface area contributed by atoms with Crippen LogP contribution >= 0.6 is 0 Å². The summed E-state index contributed by atoms with van der Waals surface area (Å²) in [6.45, 7) is 16.2. The Morgan fingerprint density at radius 1 is 0.867 bits per heavy atom. The van der Waals surface area contributed by atoms with E-state index in [-0.39, 0.29) is 28.9 Å². The predicted octanol–water partition coefficient (Wildman–Crippen LogP) is 5.50. The Morgan fingerprint density at radius 3 is 1.89 bits per heavy atom. The third-order valence-corrected chi connectivity index (χ3v) is 15.7. The molecular formula is C35H46N2O6SSi. The molecule has 2 saturated heterocycles. The molecule has 2 heterocycles. The number of ether oxygens (including phenoxy) is 1. The first-order valence-electron chi connectivity index (χ1n) is 15.6. The van der Waals surface area contributed by atoms with Crippen molar-refractivity contribution in [1.29, 1.82) is 0 Å². The second-order valence-electron chi connectivity index (χ2n) is 14.2. The lowest BCUT2D eigenvalue weighted by Crippen LogP contribution is -2.68. The number of hydrogen-bond acceptors (Lipinski definition) is 6. The minimum Gasteiger partial charge on any atom is -0.442 e. The van der Waals surface area contributed by atoms with Crippen molar-refractivity contribution in [2.75, 3.05) is 13.1 Å². The van der Waals surface area contributed by atoms with Crippen LogP contribution in [0, 0.1) is 12.8 Å². The number of sulfonamides is 1. The van der Waals surface area contributed by atoms with Gasteiger partial charge in [0.25, 0.3) is 8.32 Å². The average Bonchev–Trinajstić information content (AvgIpc) is 3.56. The van der Waals surface area contributed by atoms with Crippen LogP contribution < -0.4 is 10.4 Å². The number of nitrogens with zero attached hydrogens (tertiary/aromatic N) is 2. The fraction of sp³-hybridized carbons (Fsp3) is 0.457. The van der Waals surface area contributed by atoms with Crippen molar-refractivity contribution >= 4 is 34.8 Å². The molecule has 45 heavy (non-hydrogen) atoms. The Labute approximate surface area is 269 Å². The fourth-order valence-electron chi connectivity index (χ4n) is 6.65. The summed E-state index contributed by atoms with van der Waals surface area (Å²) in [5, 5.41) is 3.24. The highest BCUT2D eigenvalue weighted by Gasteiger charge is 2.58. The first-order chi connectivity index (χ1) is 21.0. The molecule has 242 valence electrons. The molecule has 3 aromatic carbocycles. The van der Waals surface area contributed by atoms with Crippen molar-refractivity contribution in [2.24, 2.45) is 5.92 Å². The van der Waals surface area contributed by atoms with Crippen molar-refractivity contribution < 1.29 is 27.2 Å². The number of fused-ring (bicyclic) bond motifs is 1. The molecule has 1 amide bonds. The molecule has 0 unspecified atom stereocenters. The van der Waals surface area contributed by atoms with E-state index in [0.717, 1.165) is 15.9 Å². The zero-order chi connectivity index (χ0) is 32.8. The van der Waals surface area contributed by atoms with Gasteiger partial charge < -0.3 is 9.16 Å². The van der Waals surface area contributed by atoms with Gasteiger partial charge in [-0.15, -0.1) is 0 Å². The lowest BCUT2D eigenvalue weighted by atomic mass is 9.95. The monoisotopic (exact) mass is 650 g/mol. The Kier molecular flexibility index (Phi) is 9.11. The maximum atomic E-state index is 13.8. The van der Waals surface area contributed by atoms with Crippen molar-refractivity contribution in [3.05, 3.63) is 90.5 Å². The zero-order valence-electron chi connectivity index (χ0n) is 27.6. The maximum absolute atomic E-state index is 13.8. The van der Waals surface area contributed by atoms with Crippen LogP contribution in [0.3, 0.4) is 0 Å². The number of hydrogen-bond donors (Lipinski definition) is 0. The summed E-state index contributed by atoms with van der Waals surface area (Å²) >= 11 is 0. The van der Waals surface area contributed by atoms with Gasteiger partial charge in [-0.3, -0.25) is 4.84 Å². The van der Waals surface area contributed by atoms with Crippen molar-refractivity contribution in [2.45, 2.75) is 89.2 Å². The normalized spacial score (nSPS) is 21.9. The Morgan fingerprint density at radius 2 is 1.40 bits per heavy atom. The van der Waals surface area contributed by atoms with Crippen LogP contribution in [0.25, 0.3) is 0 Å². The minimum atomic E-state index is -3.81. The van der Waals surface area contributed by atoms with Gasteiger partial charge in [0.1, 0.15) is 11.7 Å².